The summed E-state index contributed by atoms with van der Waals surface area (Å²) in [5, 5.41) is 0. The molecule has 0 spiro atoms. The van der Waals surface area contributed by atoms with Crippen molar-refractivity contribution in [3.63, 3.8) is 0 Å². The molecule has 3 rings (SSSR count). The predicted molar refractivity (Wildman–Crippen MR) is 74.9 cm³/mol. The van der Waals surface area contributed by atoms with Crippen LogP contribution in [0, 0.1) is 16.4 Å². The number of rotatable bonds is 2. The average Bonchev–Trinajstić information content (AvgIpc) is 2.78. The van der Waals surface area contributed by atoms with Crippen LogP contribution in [-0.4, -0.2) is 9.55 Å². The first-order valence-corrected chi connectivity index (χ1v) is 6.96. The van der Waals surface area contributed by atoms with Crippen LogP contribution >= 0.6 is 12.2 Å². The van der Waals surface area contributed by atoms with Gasteiger partial charge < -0.3 is 15.3 Å². The molecular formula is C14H15F2N3S. The standard InChI is InChI=1S/C14H15F2N3S/c15-9-3-8-4-10(1-2-12(8)13(16)5-9)19-11(6-17)7-18-14(19)20/h3,5,7,10H,1-2,4,6,17H2,(H,18,20)/t10-/m0/s1. The quantitative estimate of drug-likeness (QED) is 0.837. The van der Waals surface area contributed by atoms with Crippen LogP contribution in [0.3, 0.4) is 0 Å². The Labute approximate surface area is 120 Å². The molecule has 0 fully saturated rings. The third-order valence-electron chi connectivity index (χ3n) is 3.90. The van der Waals surface area contributed by atoms with E-state index >= 15 is 0 Å². The van der Waals surface area contributed by atoms with Crippen LogP contribution in [0.4, 0.5) is 8.78 Å². The highest BCUT2D eigenvalue weighted by atomic mass is 32.1. The maximum atomic E-state index is 13.7. The zero-order valence-electron chi connectivity index (χ0n) is 10.8. The third kappa shape index (κ3) is 2.19. The van der Waals surface area contributed by atoms with Crippen molar-refractivity contribution in [1.82, 2.24) is 9.55 Å². The van der Waals surface area contributed by atoms with E-state index in [1.165, 1.54) is 6.07 Å². The summed E-state index contributed by atoms with van der Waals surface area (Å²) in [6, 6.07) is 2.47. The Morgan fingerprint density at radius 2 is 2.20 bits per heavy atom. The zero-order valence-corrected chi connectivity index (χ0v) is 11.6. The van der Waals surface area contributed by atoms with E-state index in [-0.39, 0.29) is 6.04 Å². The van der Waals surface area contributed by atoms with Crippen molar-refractivity contribution in [1.29, 1.82) is 0 Å². The van der Waals surface area contributed by atoms with E-state index in [2.05, 4.69) is 4.98 Å². The fourth-order valence-electron chi connectivity index (χ4n) is 2.98. The topological polar surface area (TPSA) is 46.7 Å². The van der Waals surface area contributed by atoms with Crippen molar-refractivity contribution < 1.29 is 8.78 Å². The van der Waals surface area contributed by atoms with Gasteiger partial charge in [-0.1, -0.05) is 0 Å². The summed E-state index contributed by atoms with van der Waals surface area (Å²) in [5.41, 5.74) is 7.97. The Balaban J connectivity index is 2.00. The molecule has 0 amide bonds. The molecule has 0 radical (unpaired) electrons. The van der Waals surface area contributed by atoms with Gasteiger partial charge in [0.25, 0.3) is 0 Å². The summed E-state index contributed by atoms with van der Waals surface area (Å²) in [6.07, 6.45) is 3.73. The van der Waals surface area contributed by atoms with Gasteiger partial charge in [-0.2, -0.15) is 0 Å². The molecule has 106 valence electrons. The van der Waals surface area contributed by atoms with Gasteiger partial charge in [0.05, 0.1) is 5.69 Å². The molecule has 1 aromatic carbocycles. The number of benzene rings is 1. The van der Waals surface area contributed by atoms with Crippen LogP contribution in [0.2, 0.25) is 0 Å². The SMILES string of the molecule is NCc1c[nH]c(=S)n1[C@H]1CCc2c(F)cc(F)cc2C1. The molecule has 0 saturated heterocycles. The number of halogens is 2. The van der Waals surface area contributed by atoms with Crippen LogP contribution in [0.25, 0.3) is 0 Å². The number of hydrogen-bond acceptors (Lipinski definition) is 2. The van der Waals surface area contributed by atoms with Crippen molar-refractivity contribution >= 4 is 12.2 Å². The molecule has 0 aliphatic heterocycles. The van der Waals surface area contributed by atoms with E-state index in [4.69, 9.17) is 18.0 Å². The van der Waals surface area contributed by atoms with Crippen molar-refractivity contribution in [2.45, 2.75) is 31.8 Å². The third-order valence-corrected chi connectivity index (χ3v) is 4.22. The maximum Gasteiger partial charge on any atom is 0.177 e. The van der Waals surface area contributed by atoms with Crippen LogP contribution in [-0.2, 0) is 19.4 Å². The van der Waals surface area contributed by atoms with Crippen molar-refractivity contribution in [2.24, 2.45) is 5.73 Å². The number of aromatic nitrogens is 2. The molecule has 2 aromatic rings. The summed E-state index contributed by atoms with van der Waals surface area (Å²) in [6.45, 7) is 0.383. The molecule has 1 aliphatic rings. The van der Waals surface area contributed by atoms with Gasteiger partial charge in [0.1, 0.15) is 11.6 Å². The lowest BCUT2D eigenvalue weighted by Gasteiger charge is -2.27. The Bertz CT molecular complexity index is 705. The number of nitrogens with one attached hydrogen (secondary N) is 1. The summed E-state index contributed by atoms with van der Waals surface area (Å²) in [4.78, 5) is 2.98. The smallest absolute Gasteiger partial charge is 0.177 e. The maximum absolute atomic E-state index is 13.7. The van der Waals surface area contributed by atoms with E-state index in [1.807, 2.05) is 4.57 Å². The minimum absolute atomic E-state index is 0.0981. The Morgan fingerprint density at radius 1 is 1.40 bits per heavy atom. The molecule has 1 aromatic heterocycles. The van der Waals surface area contributed by atoms with Crippen LogP contribution in [0.1, 0.15) is 29.3 Å². The number of hydrogen-bond donors (Lipinski definition) is 2. The number of H-pyrrole nitrogens is 1. The summed E-state index contributed by atoms with van der Waals surface area (Å²) >= 11 is 5.27. The van der Waals surface area contributed by atoms with Gasteiger partial charge in [0.15, 0.2) is 4.77 Å². The Kier molecular flexibility index (Phi) is 3.43. The molecule has 0 unspecified atom stereocenters. The largest absolute Gasteiger partial charge is 0.337 e. The minimum atomic E-state index is -0.529. The highest BCUT2D eigenvalue weighted by molar-refractivity contribution is 7.71. The van der Waals surface area contributed by atoms with Crippen molar-refractivity contribution in [3.8, 4) is 0 Å². The average molecular weight is 295 g/mol. The fraction of sp³-hybridized carbons (Fsp3) is 0.357. The van der Waals surface area contributed by atoms with E-state index in [1.54, 1.807) is 6.20 Å². The van der Waals surface area contributed by atoms with E-state index in [0.29, 0.717) is 29.7 Å². The predicted octanol–water partition coefficient (Wildman–Crippen LogP) is 3.01. The lowest BCUT2D eigenvalue weighted by Crippen LogP contribution is -2.22. The Morgan fingerprint density at radius 3 is 2.95 bits per heavy atom. The van der Waals surface area contributed by atoms with Crippen LogP contribution in [0.5, 0.6) is 0 Å². The fourth-order valence-corrected chi connectivity index (χ4v) is 3.30. The highest BCUT2D eigenvalue weighted by Gasteiger charge is 2.24. The number of imidazole rings is 1. The van der Waals surface area contributed by atoms with Gasteiger partial charge >= 0.3 is 0 Å². The molecule has 3 N–H and O–H groups in total. The van der Waals surface area contributed by atoms with Gasteiger partial charge in [-0.25, -0.2) is 8.78 Å². The summed E-state index contributed by atoms with van der Waals surface area (Å²) < 4.78 is 29.7. The number of aromatic amines is 1. The second-order valence-electron chi connectivity index (χ2n) is 5.08. The monoisotopic (exact) mass is 295 g/mol. The molecule has 1 atom stereocenters. The highest BCUT2D eigenvalue weighted by Crippen LogP contribution is 2.32. The van der Waals surface area contributed by atoms with E-state index in [9.17, 15) is 8.78 Å². The minimum Gasteiger partial charge on any atom is -0.337 e. The molecule has 1 aliphatic carbocycles. The van der Waals surface area contributed by atoms with Crippen molar-refractivity contribution in [2.75, 3.05) is 0 Å². The molecule has 3 nitrogen and oxygen atoms in total. The van der Waals surface area contributed by atoms with Crippen LogP contribution < -0.4 is 5.73 Å². The second-order valence-corrected chi connectivity index (χ2v) is 5.47. The van der Waals surface area contributed by atoms with Gasteiger partial charge in [-0.3, -0.25) is 0 Å². The van der Waals surface area contributed by atoms with Gasteiger partial charge in [-0.15, -0.1) is 0 Å². The molecule has 0 bridgehead atoms. The van der Waals surface area contributed by atoms with Gasteiger partial charge in [0, 0.05) is 24.8 Å². The zero-order chi connectivity index (χ0) is 14.3. The summed E-state index contributed by atoms with van der Waals surface area (Å²) in [7, 11) is 0. The Hall–Kier alpha value is -1.53. The molecule has 20 heavy (non-hydrogen) atoms. The van der Waals surface area contributed by atoms with E-state index < -0.39 is 11.6 Å². The first kappa shape index (κ1) is 13.5. The second kappa shape index (κ2) is 5.10. The van der Waals surface area contributed by atoms with Gasteiger partial charge in [0.2, 0.25) is 0 Å². The number of fused-ring (bicyclic) bond motifs is 1. The molecule has 0 saturated carbocycles. The first-order chi connectivity index (χ1) is 9.60. The lowest BCUT2D eigenvalue weighted by molar-refractivity contribution is 0.416. The molecule has 1 heterocycles. The summed E-state index contributed by atoms with van der Waals surface area (Å²) in [5.74, 6) is -0.978. The molecule has 6 heteroatoms. The van der Waals surface area contributed by atoms with Crippen LogP contribution in [0.15, 0.2) is 18.3 Å². The van der Waals surface area contributed by atoms with Crippen molar-refractivity contribution in [3.05, 3.63) is 51.6 Å². The van der Waals surface area contributed by atoms with E-state index in [0.717, 1.165) is 23.7 Å². The number of nitrogens with zero attached hydrogens (tertiary/aromatic N) is 1. The normalized spacial score (nSPS) is 18.1. The molecular weight excluding hydrogens is 280 g/mol. The first-order valence-electron chi connectivity index (χ1n) is 6.55. The number of nitrogens with two attached hydrogens (primary N) is 1. The lowest BCUT2D eigenvalue weighted by atomic mass is 9.87. The van der Waals surface area contributed by atoms with Gasteiger partial charge in [-0.05, 0) is 48.7 Å².